The van der Waals surface area contributed by atoms with Gasteiger partial charge in [0.1, 0.15) is 5.76 Å². The molecule has 96 valence electrons. The number of nitrogens with zero attached hydrogens (tertiary/aromatic N) is 2. The van der Waals surface area contributed by atoms with Crippen LogP contribution in [-0.4, -0.2) is 41.1 Å². The fourth-order valence-electron chi connectivity index (χ4n) is 2.56. The third kappa shape index (κ3) is 1.92. The van der Waals surface area contributed by atoms with E-state index >= 15 is 0 Å². The summed E-state index contributed by atoms with van der Waals surface area (Å²) in [5, 5.41) is 6.87. The molecule has 2 aliphatic carbocycles. The zero-order chi connectivity index (χ0) is 12.1. The highest BCUT2D eigenvalue weighted by atomic mass is 16.5. The van der Waals surface area contributed by atoms with E-state index in [1.54, 1.807) is 6.07 Å². The standard InChI is InChI=1S/C13H17N3O2/c17-13(11-5-12(18-15-11)8-1-2-8)14-9-6-16(7-9)10-3-4-10/h5,8-10H,1-4,6-7H2,(H,14,17). The van der Waals surface area contributed by atoms with Crippen molar-refractivity contribution in [2.24, 2.45) is 0 Å². The van der Waals surface area contributed by atoms with E-state index in [1.807, 2.05) is 0 Å². The Morgan fingerprint density at radius 3 is 2.78 bits per heavy atom. The first kappa shape index (κ1) is 10.6. The third-order valence-electron chi connectivity index (χ3n) is 4.05. The van der Waals surface area contributed by atoms with E-state index in [1.165, 1.54) is 12.8 Å². The molecule has 0 unspecified atom stereocenters. The molecule has 2 saturated carbocycles. The highest BCUT2D eigenvalue weighted by molar-refractivity contribution is 5.92. The van der Waals surface area contributed by atoms with Gasteiger partial charge in [-0.3, -0.25) is 9.69 Å². The Kier molecular flexibility index (Phi) is 2.24. The lowest BCUT2D eigenvalue weighted by Gasteiger charge is -2.39. The average molecular weight is 247 g/mol. The molecule has 0 spiro atoms. The Morgan fingerprint density at radius 2 is 2.11 bits per heavy atom. The summed E-state index contributed by atoms with van der Waals surface area (Å²) >= 11 is 0. The molecule has 0 aromatic carbocycles. The maximum absolute atomic E-state index is 11.9. The van der Waals surface area contributed by atoms with Gasteiger partial charge in [0.2, 0.25) is 0 Å². The van der Waals surface area contributed by atoms with Crippen molar-refractivity contribution >= 4 is 5.91 Å². The lowest BCUT2D eigenvalue weighted by Crippen LogP contribution is -2.59. The van der Waals surface area contributed by atoms with Crippen LogP contribution in [0.3, 0.4) is 0 Å². The van der Waals surface area contributed by atoms with Crippen molar-refractivity contribution in [3.63, 3.8) is 0 Å². The molecule has 3 fully saturated rings. The van der Waals surface area contributed by atoms with Gasteiger partial charge in [0.15, 0.2) is 5.69 Å². The van der Waals surface area contributed by atoms with Crippen molar-refractivity contribution < 1.29 is 9.32 Å². The largest absolute Gasteiger partial charge is 0.360 e. The number of likely N-dealkylation sites (tertiary alicyclic amines) is 1. The summed E-state index contributed by atoms with van der Waals surface area (Å²) in [6.07, 6.45) is 4.98. The Bertz CT molecular complexity index is 470. The number of carbonyl (C=O) groups is 1. The van der Waals surface area contributed by atoms with Gasteiger partial charge in [-0.2, -0.15) is 0 Å². The normalized spacial score (nSPS) is 24.9. The van der Waals surface area contributed by atoms with Crippen LogP contribution >= 0.6 is 0 Å². The molecule has 5 heteroatoms. The van der Waals surface area contributed by atoms with Gasteiger partial charge in [0, 0.05) is 31.1 Å². The van der Waals surface area contributed by atoms with Crippen LogP contribution < -0.4 is 5.32 Å². The molecule has 4 rings (SSSR count). The molecule has 1 aromatic rings. The van der Waals surface area contributed by atoms with Gasteiger partial charge >= 0.3 is 0 Å². The molecular formula is C13H17N3O2. The second kappa shape index (κ2) is 3.82. The highest BCUT2D eigenvalue weighted by Crippen LogP contribution is 2.40. The maximum Gasteiger partial charge on any atom is 0.273 e. The molecule has 2 heterocycles. The van der Waals surface area contributed by atoms with Crippen LogP contribution in [0.2, 0.25) is 0 Å². The maximum atomic E-state index is 11.9. The van der Waals surface area contributed by atoms with Crippen molar-refractivity contribution in [2.45, 2.75) is 43.7 Å². The molecule has 0 radical (unpaired) electrons. The van der Waals surface area contributed by atoms with E-state index in [-0.39, 0.29) is 5.91 Å². The van der Waals surface area contributed by atoms with Crippen LogP contribution in [0.4, 0.5) is 0 Å². The van der Waals surface area contributed by atoms with E-state index < -0.39 is 0 Å². The number of amides is 1. The summed E-state index contributed by atoms with van der Waals surface area (Å²) in [5.74, 6) is 1.28. The summed E-state index contributed by atoms with van der Waals surface area (Å²) in [6.45, 7) is 1.98. The summed E-state index contributed by atoms with van der Waals surface area (Å²) in [4.78, 5) is 14.4. The summed E-state index contributed by atoms with van der Waals surface area (Å²) in [6, 6.07) is 2.88. The smallest absolute Gasteiger partial charge is 0.273 e. The lowest BCUT2D eigenvalue weighted by molar-refractivity contribution is 0.0785. The van der Waals surface area contributed by atoms with Crippen LogP contribution in [0, 0.1) is 0 Å². The first-order valence-corrected chi connectivity index (χ1v) is 6.81. The molecule has 1 amide bonds. The zero-order valence-corrected chi connectivity index (χ0v) is 10.3. The Morgan fingerprint density at radius 1 is 1.33 bits per heavy atom. The molecular weight excluding hydrogens is 230 g/mol. The molecule has 1 saturated heterocycles. The fraction of sp³-hybridized carbons (Fsp3) is 0.692. The van der Waals surface area contributed by atoms with Crippen LogP contribution in [0.1, 0.15) is 47.8 Å². The van der Waals surface area contributed by atoms with Crippen molar-refractivity contribution in [1.82, 2.24) is 15.4 Å². The van der Waals surface area contributed by atoms with Crippen molar-refractivity contribution in [3.8, 4) is 0 Å². The minimum atomic E-state index is -0.0916. The molecule has 1 aromatic heterocycles. The first-order chi connectivity index (χ1) is 8.79. The van der Waals surface area contributed by atoms with Gasteiger partial charge in [0.05, 0.1) is 6.04 Å². The SMILES string of the molecule is O=C(NC1CN(C2CC2)C1)c1cc(C2CC2)on1. The molecule has 1 N–H and O–H groups in total. The number of carbonyl (C=O) groups excluding carboxylic acids is 1. The number of aromatic nitrogens is 1. The molecule has 5 nitrogen and oxygen atoms in total. The quantitative estimate of drug-likeness (QED) is 0.866. The Labute approximate surface area is 105 Å². The van der Waals surface area contributed by atoms with E-state index in [9.17, 15) is 4.79 Å². The van der Waals surface area contributed by atoms with E-state index in [0.29, 0.717) is 17.7 Å². The van der Waals surface area contributed by atoms with Gasteiger partial charge in [0.25, 0.3) is 5.91 Å². The summed E-state index contributed by atoms with van der Waals surface area (Å²) in [7, 11) is 0. The summed E-state index contributed by atoms with van der Waals surface area (Å²) < 4.78 is 5.19. The van der Waals surface area contributed by atoms with E-state index in [0.717, 1.165) is 37.7 Å². The monoisotopic (exact) mass is 247 g/mol. The van der Waals surface area contributed by atoms with Crippen molar-refractivity contribution in [3.05, 3.63) is 17.5 Å². The van der Waals surface area contributed by atoms with Crippen LogP contribution in [0.15, 0.2) is 10.6 Å². The number of rotatable bonds is 4. The predicted molar refractivity (Wildman–Crippen MR) is 64.3 cm³/mol. The lowest BCUT2D eigenvalue weighted by atomic mass is 10.1. The zero-order valence-electron chi connectivity index (χ0n) is 10.3. The van der Waals surface area contributed by atoms with Crippen molar-refractivity contribution in [2.75, 3.05) is 13.1 Å². The molecule has 1 aliphatic heterocycles. The topological polar surface area (TPSA) is 58.4 Å². The van der Waals surface area contributed by atoms with Gasteiger partial charge < -0.3 is 9.84 Å². The molecule has 0 atom stereocenters. The second-order valence-electron chi connectivity index (χ2n) is 5.74. The van der Waals surface area contributed by atoms with Gasteiger partial charge in [-0.25, -0.2) is 0 Å². The van der Waals surface area contributed by atoms with Gasteiger partial charge in [-0.1, -0.05) is 5.16 Å². The predicted octanol–water partition coefficient (Wildman–Crippen LogP) is 1.13. The molecule has 3 aliphatic rings. The van der Waals surface area contributed by atoms with Crippen LogP contribution in [0.25, 0.3) is 0 Å². The van der Waals surface area contributed by atoms with E-state index in [4.69, 9.17) is 4.52 Å². The number of hydrogen-bond donors (Lipinski definition) is 1. The highest BCUT2D eigenvalue weighted by Gasteiger charge is 2.38. The molecule has 18 heavy (non-hydrogen) atoms. The second-order valence-corrected chi connectivity index (χ2v) is 5.74. The summed E-state index contributed by atoms with van der Waals surface area (Å²) in [5.41, 5.74) is 0.432. The van der Waals surface area contributed by atoms with Crippen LogP contribution in [-0.2, 0) is 0 Å². The van der Waals surface area contributed by atoms with Gasteiger partial charge in [-0.15, -0.1) is 0 Å². The van der Waals surface area contributed by atoms with Crippen LogP contribution in [0.5, 0.6) is 0 Å². The fourth-order valence-corrected chi connectivity index (χ4v) is 2.56. The Balaban J connectivity index is 1.32. The number of hydrogen-bond acceptors (Lipinski definition) is 4. The van der Waals surface area contributed by atoms with Gasteiger partial charge in [-0.05, 0) is 25.7 Å². The van der Waals surface area contributed by atoms with E-state index in [2.05, 4.69) is 15.4 Å². The molecule has 0 bridgehead atoms. The average Bonchev–Trinajstić information content (AvgIpc) is 3.22. The third-order valence-corrected chi connectivity index (χ3v) is 4.05. The first-order valence-electron chi connectivity index (χ1n) is 6.81. The minimum absolute atomic E-state index is 0.0916. The minimum Gasteiger partial charge on any atom is -0.360 e. The van der Waals surface area contributed by atoms with Crippen molar-refractivity contribution in [1.29, 1.82) is 0 Å². The Hall–Kier alpha value is -1.36. The number of nitrogens with one attached hydrogen (secondary N) is 1.